The fraction of sp³-hybridized carbons (Fsp3) is 0.316. The van der Waals surface area contributed by atoms with Gasteiger partial charge in [-0.3, -0.25) is 9.63 Å². The van der Waals surface area contributed by atoms with E-state index in [0.29, 0.717) is 26.2 Å². The van der Waals surface area contributed by atoms with Gasteiger partial charge in [0.25, 0.3) is 5.91 Å². The zero-order valence-corrected chi connectivity index (χ0v) is 13.5. The molecule has 5 heteroatoms. The number of ether oxygens (including phenoxy) is 1. The molecule has 1 fully saturated rings. The molecule has 2 atom stereocenters. The van der Waals surface area contributed by atoms with Gasteiger partial charge in [0, 0.05) is 0 Å². The second-order valence-electron chi connectivity index (χ2n) is 5.91. The van der Waals surface area contributed by atoms with E-state index < -0.39 is 6.04 Å². The van der Waals surface area contributed by atoms with Crippen molar-refractivity contribution < 1.29 is 14.4 Å². The van der Waals surface area contributed by atoms with E-state index in [0.717, 1.165) is 11.1 Å². The number of nitrogens with two attached hydrogens (primary N) is 1. The average Bonchev–Trinajstić information content (AvgIpc) is 3.10. The first kappa shape index (κ1) is 16.6. The number of benzene rings is 2. The molecular formula is C19H22N2O3. The molecule has 2 aromatic rings. The highest BCUT2D eigenvalue weighted by molar-refractivity contribution is 5.81. The number of carbonyl (C=O) groups excluding carboxylic acids is 1. The Balaban J connectivity index is 1.47. The average molecular weight is 326 g/mol. The predicted octanol–water partition coefficient (Wildman–Crippen LogP) is 1.92. The minimum absolute atomic E-state index is 0.127. The molecule has 0 aromatic heterocycles. The third-order valence-corrected chi connectivity index (χ3v) is 3.98. The van der Waals surface area contributed by atoms with E-state index in [1.807, 2.05) is 60.7 Å². The highest BCUT2D eigenvalue weighted by atomic mass is 16.7. The normalized spacial score (nSPS) is 18.5. The van der Waals surface area contributed by atoms with E-state index in [-0.39, 0.29) is 12.0 Å². The second kappa shape index (κ2) is 8.06. The first-order chi connectivity index (χ1) is 11.7. The standard InChI is InChI=1S/C19H22N2O3/c20-18(11-15-7-3-1-4-8-15)19(22)21-12-17(14-24-21)23-13-16-9-5-2-6-10-16/h1-10,17-18H,11-14,20H2/t17?,18-/m0/s1. The summed E-state index contributed by atoms with van der Waals surface area (Å²) >= 11 is 0. The van der Waals surface area contributed by atoms with E-state index in [1.165, 1.54) is 5.06 Å². The van der Waals surface area contributed by atoms with Gasteiger partial charge in [0.2, 0.25) is 0 Å². The first-order valence-corrected chi connectivity index (χ1v) is 8.11. The number of hydroxylamine groups is 2. The van der Waals surface area contributed by atoms with Gasteiger partial charge in [-0.15, -0.1) is 0 Å². The Morgan fingerprint density at radius 3 is 2.42 bits per heavy atom. The van der Waals surface area contributed by atoms with Crippen molar-refractivity contribution in [2.75, 3.05) is 13.2 Å². The predicted molar refractivity (Wildman–Crippen MR) is 90.8 cm³/mol. The maximum absolute atomic E-state index is 12.4. The van der Waals surface area contributed by atoms with Crippen LogP contribution in [0.1, 0.15) is 11.1 Å². The summed E-state index contributed by atoms with van der Waals surface area (Å²) in [4.78, 5) is 17.8. The molecule has 1 aliphatic rings. The molecule has 0 aliphatic carbocycles. The van der Waals surface area contributed by atoms with Crippen LogP contribution >= 0.6 is 0 Å². The van der Waals surface area contributed by atoms with Crippen molar-refractivity contribution >= 4 is 5.91 Å². The van der Waals surface area contributed by atoms with Crippen molar-refractivity contribution in [1.29, 1.82) is 0 Å². The maximum atomic E-state index is 12.4. The molecule has 24 heavy (non-hydrogen) atoms. The molecule has 1 saturated heterocycles. The fourth-order valence-electron chi connectivity index (χ4n) is 2.65. The van der Waals surface area contributed by atoms with Crippen molar-refractivity contribution in [3.05, 3.63) is 71.8 Å². The number of carbonyl (C=O) groups is 1. The molecule has 0 saturated carbocycles. The molecule has 1 aliphatic heterocycles. The number of hydrogen-bond donors (Lipinski definition) is 1. The SMILES string of the molecule is N[C@@H](Cc1ccccc1)C(=O)N1CC(OCc2ccccc2)CO1. The van der Waals surface area contributed by atoms with Crippen LogP contribution in [-0.4, -0.2) is 36.3 Å². The lowest BCUT2D eigenvalue weighted by Crippen LogP contribution is -2.43. The van der Waals surface area contributed by atoms with Gasteiger partial charge in [0.15, 0.2) is 0 Å². The summed E-state index contributed by atoms with van der Waals surface area (Å²) in [7, 11) is 0. The second-order valence-corrected chi connectivity index (χ2v) is 5.91. The first-order valence-electron chi connectivity index (χ1n) is 8.11. The lowest BCUT2D eigenvalue weighted by molar-refractivity contribution is -0.170. The Hall–Kier alpha value is -2.21. The van der Waals surface area contributed by atoms with Crippen LogP contribution in [0.2, 0.25) is 0 Å². The Labute approximate surface area is 141 Å². The quantitative estimate of drug-likeness (QED) is 0.881. The van der Waals surface area contributed by atoms with Crippen LogP contribution < -0.4 is 5.73 Å². The largest absolute Gasteiger partial charge is 0.369 e. The number of amides is 1. The van der Waals surface area contributed by atoms with E-state index in [2.05, 4.69) is 0 Å². The van der Waals surface area contributed by atoms with Crippen molar-refractivity contribution in [3.8, 4) is 0 Å². The summed E-state index contributed by atoms with van der Waals surface area (Å²) in [6.07, 6.45) is 0.368. The Kier molecular flexibility index (Phi) is 5.59. The molecule has 0 radical (unpaired) electrons. The van der Waals surface area contributed by atoms with Crippen LogP contribution in [0.25, 0.3) is 0 Å². The molecule has 1 unspecified atom stereocenters. The summed E-state index contributed by atoms with van der Waals surface area (Å²) in [5.74, 6) is -0.204. The third-order valence-electron chi connectivity index (χ3n) is 3.98. The van der Waals surface area contributed by atoms with Crippen molar-refractivity contribution in [1.82, 2.24) is 5.06 Å². The molecule has 0 spiro atoms. The molecule has 3 rings (SSSR count). The van der Waals surface area contributed by atoms with E-state index in [4.69, 9.17) is 15.3 Å². The zero-order chi connectivity index (χ0) is 16.8. The monoisotopic (exact) mass is 326 g/mol. The van der Waals surface area contributed by atoms with Crippen LogP contribution in [0.3, 0.4) is 0 Å². The van der Waals surface area contributed by atoms with Gasteiger partial charge >= 0.3 is 0 Å². The minimum atomic E-state index is -0.611. The molecule has 5 nitrogen and oxygen atoms in total. The summed E-state index contributed by atoms with van der Waals surface area (Å²) in [5, 5.41) is 1.34. The lowest BCUT2D eigenvalue weighted by Gasteiger charge is -2.19. The van der Waals surface area contributed by atoms with Gasteiger partial charge in [-0.2, -0.15) is 0 Å². The molecule has 1 heterocycles. The van der Waals surface area contributed by atoms with E-state index >= 15 is 0 Å². The molecule has 2 N–H and O–H groups in total. The molecule has 2 aromatic carbocycles. The summed E-state index contributed by atoms with van der Waals surface area (Å²) < 4.78 is 5.81. The highest BCUT2D eigenvalue weighted by Crippen LogP contribution is 2.14. The number of hydrogen-bond acceptors (Lipinski definition) is 4. The topological polar surface area (TPSA) is 64.8 Å². The molecule has 126 valence electrons. The van der Waals surface area contributed by atoms with E-state index in [9.17, 15) is 4.79 Å². The van der Waals surface area contributed by atoms with Crippen molar-refractivity contribution in [3.63, 3.8) is 0 Å². The lowest BCUT2D eigenvalue weighted by atomic mass is 10.1. The maximum Gasteiger partial charge on any atom is 0.263 e. The Morgan fingerprint density at radius 2 is 1.75 bits per heavy atom. The van der Waals surface area contributed by atoms with Gasteiger partial charge in [-0.05, 0) is 17.5 Å². The highest BCUT2D eigenvalue weighted by Gasteiger charge is 2.31. The summed E-state index contributed by atoms with van der Waals surface area (Å²) in [6, 6.07) is 19.1. The van der Waals surface area contributed by atoms with Crippen molar-refractivity contribution in [2.45, 2.75) is 25.2 Å². The van der Waals surface area contributed by atoms with Gasteiger partial charge in [0.05, 0.1) is 19.2 Å². The minimum Gasteiger partial charge on any atom is -0.369 e. The van der Waals surface area contributed by atoms with Crippen LogP contribution in [-0.2, 0) is 27.4 Å². The number of rotatable bonds is 6. The Bertz CT molecular complexity index is 648. The van der Waals surface area contributed by atoms with Crippen LogP contribution in [0, 0.1) is 0 Å². The van der Waals surface area contributed by atoms with E-state index in [1.54, 1.807) is 0 Å². The van der Waals surface area contributed by atoms with Crippen LogP contribution in [0.4, 0.5) is 0 Å². The smallest absolute Gasteiger partial charge is 0.263 e. The van der Waals surface area contributed by atoms with Crippen LogP contribution in [0.5, 0.6) is 0 Å². The van der Waals surface area contributed by atoms with Gasteiger partial charge in [-0.25, -0.2) is 5.06 Å². The summed E-state index contributed by atoms with van der Waals surface area (Å²) in [5.41, 5.74) is 8.16. The zero-order valence-electron chi connectivity index (χ0n) is 13.5. The van der Waals surface area contributed by atoms with Gasteiger partial charge < -0.3 is 10.5 Å². The molecule has 0 bridgehead atoms. The number of nitrogens with zero attached hydrogens (tertiary/aromatic N) is 1. The van der Waals surface area contributed by atoms with Crippen LogP contribution in [0.15, 0.2) is 60.7 Å². The molecule has 1 amide bonds. The van der Waals surface area contributed by atoms with Gasteiger partial charge in [-0.1, -0.05) is 60.7 Å². The summed E-state index contributed by atoms with van der Waals surface area (Å²) in [6.45, 7) is 1.29. The third kappa shape index (κ3) is 4.41. The van der Waals surface area contributed by atoms with Gasteiger partial charge in [0.1, 0.15) is 12.7 Å². The Morgan fingerprint density at radius 1 is 1.12 bits per heavy atom. The fourth-order valence-corrected chi connectivity index (χ4v) is 2.65. The molecular weight excluding hydrogens is 304 g/mol. The van der Waals surface area contributed by atoms with Crippen molar-refractivity contribution in [2.24, 2.45) is 5.73 Å².